The van der Waals surface area contributed by atoms with Gasteiger partial charge in [0.25, 0.3) is 0 Å². The SMILES string of the molecule is CCCCN(CC)C(C)CCNC1CC1. The lowest BCUT2D eigenvalue weighted by Crippen LogP contribution is -2.36. The van der Waals surface area contributed by atoms with Crippen molar-refractivity contribution >= 4 is 0 Å². The Morgan fingerprint density at radius 3 is 2.60 bits per heavy atom. The summed E-state index contributed by atoms with van der Waals surface area (Å²) in [5.41, 5.74) is 0. The normalized spacial score (nSPS) is 18.4. The van der Waals surface area contributed by atoms with Crippen LogP contribution < -0.4 is 5.32 Å². The number of hydrogen-bond donors (Lipinski definition) is 1. The summed E-state index contributed by atoms with van der Waals surface area (Å²) in [7, 11) is 0. The Morgan fingerprint density at radius 1 is 1.33 bits per heavy atom. The molecule has 0 aromatic rings. The number of hydrogen-bond acceptors (Lipinski definition) is 2. The molecule has 0 bridgehead atoms. The molecule has 0 radical (unpaired) electrons. The summed E-state index contributed by atoms with van der Waals surface area (Å²) in [6, 6.07) is 1.61. The predicted molar refractivity (Wildman–Crippen MR) is 67.3 cm³/mol. The first-order valence-electron chi connectivity index (χ1n) is 6.75. The Kier molecular flexibility index (Phi) is 6.26. The fraction of sp³-hybridized carbons (Fsp3) is 1.00. The summed E-state index contributed by atoms with van der Waals surface area (Å²) in [6.45, 7) is 10.6. The molecule has 1 atom stereocenters. The lowest BCUT2D eigenvalue weighted by Gasteiger charge is -2.27. The molecule has 0 spiro atoms. The zero-order valence-electron chi connectivity index (χ0n) is 10.8. The molecule has 1 aliphatic rings. The van der Waals surface area contributed by atoms with E-state index in [0.717, 1.165) is 12.1 Å². The molecule has 1 saturated carbocycles. The van der Waals surface area contributed by atoms with Gasteiger partial charge in [0.05, 0.1) is 0 Å². The molecule has 0 aromatic carbocycles. The van der Waals surface area contributed by atoms with E-state index in [2.05, 4.69) is 31.0 Å². The number of rotatable bonds is 9. The highest BCUT2D eigenvalue weighted by atomic mass is 15.1. The largest absolute Gasteiger partial charge is 0.314 e. The number of nitrogens with zero attached hydrogens (tertiary/aromatic N) is 1. The van der Waals surface area contributed by atoms with E-state index in [1.807, 2.05) is 0 Å². The highest BCUT2D eigenvalue weighted by Crippen LogP contribution is 2.18. The standard InChI is InChI=1S/C13H28N2/c1-4-6-11-15(5-2)12(3)9-10-14-13-7-8-13/h12-14H,4-11H2,1-3H3. The van der Waals surface area contributed by atoms with E-state index in [4.69, 9.17) is 0 Å². The molecule has 2 nitrogen and oxygen atoms in total. The molecule has 15 heavy (non-hydrogen) atoms. The number of unbranched alkanes of at least 4 members (excludes halogenated alkanes) is 1. The minimum atomic E-state index is 0.743. The second-order valence-electron chi connectivity index (χ2n) is 4.85. The maximum atomic E-state index is 3.60. The van der Waals surface area contributed by atoms with Crippen molar-refractivity contribution in [2.24, 2.45) is 0 Å². The topological polar surface area (TPSA) is 15.3 Å². The van der Waals surface area contributed by atoms with E-state index in [1.165, 1.54) is 51.7 Å². The molecular weight excluding hydrogens is 184 g/mol. The van der Waals surface area contributed by atoms with Crippen LogP contribution in [0.15, 0.2) is 0 Å². The molecule has 0 aliphatic heterocycles. The second kappa shape index (κ2) is 7.24. The highest BCUT2D eigenvalue weighted by molar-refractivity contribution is 4.81. The van der Waals surface area contributed by atoms with Gasteiger partial charge in [-0.3, -0.25) is 0 Å². The molecule has 2 heteroatoms. The predicted octanol–water partition coefficient (Wildman–Crippen LogP) is 2.64. The Hall–Kier alpha value is -0.0800. The molecule has 0 heterocycles. The van der Waals surface area contributed by atoms with Crippen molar-refractivity contribution < 1.29 is 0 Å². The van der Waals surface area contributed by atoms with Crippen LogP contribution in [0.25, 0.3) is 0 Å². The van der Waals surface area contributed by atoms with Crippen molar-refractivity contribution in [3.63, 3.8) is 0 Å². The zero-order valence-corrected chi connectivity index (χ0v) is 10.8. The van der Waals surface area contributed by atoms with Crippen LogP contribution in [0.5, 0.6) is 0 Å². The van der Waals surface area contributed by atoms with Crippen molar-refractivity contribution in [3.8, 4) is 0 Å². The first-order chi connectivity index (χ1) is 7.27. The fourth-order valence-electron chi connectivity index (χ4n) is 2.02. The molecule has 0 amide bonds. The van der Waals surface area contributed by atoms with Crippen molar-refractivity contribution in [3.05, 3.63) is 0 Å². The van der Waals surface area contributed by atoms with E-state index in [-0.39, 0.29) is 0 Å². The summed E-state index contributed by atoms with van der Waals surface area (Å²) in [5.74, 6) is 0. The second-order valence-corrected chi connectivity index (χ2v) is 4.85. The van der Waals surface area contributed by atoms with E-state index in [9.17, 15) is 0 Å². The summed E-state index contributed by atoms with van der Waals surface area (Å²) in [5, 5.41) is 3.60. The van der Waals surface area contributed by atoms with E-state index in [0.29, 0.717) is 0 Å². The van der Waals surface area contributed by atoms with Crippen LogP contribution >= 0.6 is 0 Å². The summed E-state index contributed by atoms with van der Waals surface area (Å²) in [6.07, 6.45) is 6.76. The van der Waals surface area contributed by atoms with Crippen LogP contribution in [0.4, 0.5) is 0 Å². The molecule has 1 N–H and O–H groups in total. The van der Waals surface area contributed by atoms with Gasteiger partial charge in [0, 0.05) is 12.1 Å². The molecule has 1 aliphatic carbocycles. The van der Waals surface area contributed by atoms with Gasteiger partial charge in [-0.05, 0) is 52.2 Å². The Balaban J connectivity index is 2.07. The Morgan fingerprint density at radius 2 is 2.07 bits per heavy atom. The highest BCUT2D eigenvalue weighted by Gasteiger charge is 2.20. The molecule has 1 unspecified atom stereocenters. The molecular formula is C13H28N2. The average Bonchev–Trinajstić information content (AvgIpc) is 3.03. The lowest BCUT2D eigenvalue weighted by molar-refractivity contribution is 0.206. The van der Waals surface area contributed by atoms with Gasteiger partial charge in [-0.1, -0.05) is 20.3 Å². The number of nitrogens with one attached hydrogen (secondary N) is 1. The van der Waals surface area contributed by atoms with Crippen LogP contribution in [-0.4, -0.2) is 36.6 Å². The van der Waals surface area contributed by atoms with Crippen LogP contribution in [0.3, 0.4) is 0 Å². The van der Waals surface area contributed by atoms with Gasteiger partial charge in [0.2, 0.25) is 0 Å². The van der Waals surface area contributed by atoms with E-state index < -0.39 is 0 Å². The molecule has 0 saturated heterocycles. The van der Waals surface area contributed by atoms with Crippen LogP contribution in [0.2, 0.25) is 0 Å². The first kappa shape index (κ1) is 13.0. The van der Waals surface area contributed by atoms with Gasteiger partial charge in [0.15, 0.2) is 0 Å². The van der Waals surface area contributed by atoms with Gasteiger partial charge in [-0.15, -0.1) is 0 Å². The van der Waals surface area contributed by atoms with Crippen molar-refractivity contribution in [2.75, 3.05) is 19.6 Å². The molecule has 1 rings (SSSR count). The maximum absolute atomic E-state index is 3.60. The fourth-order valence-corrected chi connectivity index (χ4v) is 2.02. The van der Waals surface area contributed by atoms with Crippen LogP contribution in [0.1, 0.15) is 52.9 Å². The molecule has 1 fully saturated rings. The Bertz CT molecular complexity index is 155. The van der Waals surface area contributed by atoms with Crippen LogP contribution in [-0.2, 0) is 0 Å². The van der Waals surface area contributed by atoms with Gasteiger partial charge in [-0.2, -0.15) is 0 Å². The van der Waals surface area contributed by atoms with Crippen molar-refractivity contribution in [1.82, 2.24) is 10.2 Å². The van der Waals surface area contributed by atoms with Gasteiger partial charge in [-0.25, -0.2) is 0 Å². The third-order valence-electron chi connectivity index (χ3n) is 3.40. The summed E-state index contributed by atoms with van der Waals surface area (Å²) < 4.78 is 0. The van der Waals surface area contributed by atoms with Crippen LogP contribution in [0, 0.1) is 0 Å². The Labute approximate surface area is 95.4 Å². The summed E-state index contributed by atoms with van der Waals surface area (Å²) >= 11 is 0. The van der Waals surface area contributed by atoms with Gasteiger partial charge in [0.1, 0.15) is 0 Å². The molecule has 0 aromatic heterocycles. The minimum Gasteiger partial charge on any atom is -0.314 e. The van der Waals surface area contributed by atoms with Crippen molar-refractivity contribution in [2.45, 2.75) is 65.0 Å². The first-order valence-corrected chi connectivity index (χ1v) is 6.75. The van der Waals surface area contributed by atoms with Crippen molar-refractivity contribution in [1.29, 1.82) is 0 Å². The minimum absolute atomic E-state index is 0.743. The third kappa shape index (κ3) is 5.53. The lowest BCUT2D eigenvalue weighted by atomic mass is 10.2. The van der Waals surface area contributed by atoms with Gasteiger partial charge >= 0.3 is 0 Å². The monoisotopic (exact) mass is 212 g/mol. The third-order valence-corrected chi connectivity index (χ3v) is 3.40. The quantitative estimate of drug-likeness (QED) is 0.632. The van der Waals surface area contributed by atoms with E-state index >= 15 is 0 Å². The maximum Gasteiger partial charge on any atom is 0.00788 e. The van der Waals surface area contributed by atoms with Gasteiger partial charge < -0.3 is 10.2 Å². The smallest absolute Gasteiger partial charge is 0.00788 e. The summed E-state index contributed by atoms with van der Waals surface area (Å²) in [4.78, 5) is 2.61. The average molecular weight is 212 g/mol. The van der Waals surface area contributed by atoms with E-state index in [1.54, 1.807) is 0 Å². The molecule has 90 valence electrons. The zero-order chi connectivity index (χ0) is 11.1.